The fourth-order valence-electron chi connectivity index (χ4n) is 2.24. The molecule has 0 amide bonds. The lowest BCUT2D eigenvalue weighted by Gasteiger charge is -2.36. The van der Waals surface area contributed by atoms with Gasteiger partial charge in [-0.2, -0.15) is 0 Å². The van der Waals surface area contributed by atoms with Crippen LogP contribution in [-0.2, 0) is 4.74 Å². The van der Waals surface area contributed by atoms with E-state index in [1.807, 2.05) is 12.1 Å². The molecule has 1 aromatic rings. The summed E-state index contributed by atoms with van der Waals surface area (Å²) < 4.78 is 5.29. The fourth-order valence-corrected chi connectivity index (χ4v) is 2.37. The van der Waals surface area contributed by atoms with Crippen LogP contribution in [0.3, 0.4) is 0 Å². The molecule has 1 N–H and O–H groups in total. The number of anilines is 1. The fraction of sp³-hybridized carbons (Fsp3) is 0.571. The number of halogens is 1. The van der Waals surface area contributed by atoms with E-state index in [0.29, 0.717) is 13.2 Å². The molecule has 0 radical (unpaired) electrons. The Bertz CT molecular complexity index is 364. The normalized spacial score (nSPS) is 16.8. The number of hydrogen-bond acceptors (Lipinski definition) is 4. The Hall–Kier alpha value is -0.810. The van der Waals surface area contributed by atoms with Crippen molar-refractivity contribution in [2.24, 2.45) is 0 Å². The summed E-state index contributed by atoms with van der Waals surface area (Å²) in [5.41, 5.74) is 1.24. The SMILES string of the molecule is OCCOCCN1CCN(c2ccc(Cl)cc2)CC1. The van der Waals surface area contributed by atoms with Gasteiger partial charge in [-0.3, -0.25) is 4.90 Å². The van der Waals surface area contributed by atoms with Gasteiger partial charge in [0.25, 0.3) is 0 Å². The Morgan fingerprint density at radius 3 is 2.37 bits per heavy atom. The molecule has 1 heterocycles. The zero-order valence-corrected chi connectivity index (χ0v) is 11.9. The summed E-state index contributed by atoms with van der Waals surface area (Å²) in [7, 11) is 0. The van der Waals surface area contributed by atoms with Gasteiger partial charge in [0.15, 0.2) is 0 Å². The van der Waals surface area contributed by atoms with Crippen molar-refractivity contribution in [1.29, 1.82) is 0 Å². The molecule has 2 rings (SSSR count). The molecule has 1 fully saturated rings. The highest BCUT2D eigenvalue weighted by Gasteiger charge is 2.16. The zero-order chi connectivity index (χ0) is 13.5. The molecule has 1 aliphatic heterocycles. The van der Waals surface area contributed by atoms with Gasteiger partial charge in [0, 0.05) is 43.4 Å². The van der Waals surface area contributed by atoms with E-state index < -0.39 is 0 Å². The van der Waals surface area contributed by atoms with E-state index in [1.54, 1.807) is 0 Å². The average Bonchev–Trinajstić information content (AvgIpc) is 2.45. The number of hydrogen-bond donors (Lipinski definition) is 1. The van der Waals surface area contributed by atoms with Crippen LogP contribution in [0.5, 0.6) is 0 Å². The standard InChI is InChI=1S/C14H21ClN2O2/c15-13-1-3-14(4-2-13)17-7-5-16(6-8-17)9-11-19-12-10-18/h1-4,18H,5-12H2. The maximum atomic E-state index is 8.63. The van der Waals surface area contributed by atoms with Crippen molar-refractivity contribution in [2.75, 3.05) is 57.4 Å². The molecule has 0 unspecified atom stereocenters. The van der Waals surface area contributed by atoms with Crippen molar-refractivity contribution in [3.8, 4) is 0 Å². The van der Waals surface area contributed by atoms with Gasteiger partial charge in [-0.1, -0.05) is 11.6 Å². The lowest BCUT2D eigenvalue weighted by Crippen LogP contribution is -2.47. The van der Waals surface area contributed by atoms with E-state index in [4.69, 9.17) is 21.4 Å². The van der Waals surface area contributed by atoms with Crippen LogP contribution in [0, 0.1) is 0 Å². The van der Waals surface area contributed by atoms with Gasteiger partial charge in [-0.05, 0) is 24.3 Å². The summed E-state index contributed by atoms with van der Waals surface area (Å²) >= 11 is 5.90. The molecular formula is C14H21ClN2O2. The third-order valence-electron chi connectivity index (χ3n) is 3.35. The summed E-state index contributed by atoms with van der Waals surface area (Å²) in [6.07, 6.45) is 0. The number of aliphatic hydroxyl groups excluding tert-OH is 1. The molecule has 106 valence electrons. The molecule has 0 aromatic heterocycles. The molecule has 1 saturated heterocycles. The van der Waals surface area contributed by atoms with Crippen molar-refractivity contribution >= 4 is 17.3 Å². The monoisotopic (exact) mass is 284 g/mol. The molecule has 19 heavy (non-hydrogen) atoms. The first-order valence-corrected chi connectivity index (χ1v) is 7.09. The van der Waals surface area contributed by atoms with Crippen LogP contribution in [0.15, 0.2) is 24.3 Å². The van der Waals surface area contributed by atoms with Gasteiger partial charge in [0.2, 0.25) is 0 Å². The maximum absolute atomic E-state index is 8.63. The zero-order valence-electron chi connectivity index (χ0n) is 11.1. The molecular weight excluding hydrogens is 264 g/mol. The molecule has 0 bridgehead atoms. The van der Waals surface area contributed by atoms with E-state index >= 15 is 0 Å². The largest absolute Gasteiger partial charge is 0.394 e. The Labute approximate surface area is 119 Å². The third-order valence-corrected chi connectivity index (χ3v) is 3.60. The minimum atomic E-state index is 0.102. The summed E-state index contributed by atoms with van der Waals surface area (Å²) in [5.74, 6) is 0. The van der Waals surface area contributed by atoms with Gasteiger partial charge in [-0.15, -0.1) is 0 Å². The predicted octanol–water partition coefficient (Wildman–Crippen LogP) is 1.47. The average molecular weight is 285 g/mol. The highest BCUT2D eigenvalue weighted by molar-refractivity contribution is 6.30. The minimum absolute atomic E-state index is 0.102. The van der Waals surface area contributed by atoms with E-state index in [9.17, 15) is 0 Å². The summed E-state index contributed by atoms with van der Waals surface area (Å²) in [5, 5.41) is 9.41. The highest BCUT2D eigenvalue weighted by Crippen LogP contribution is 2.19. The smallest absolute Gasteiger partial charge is 0.0698 e. The van der Waals surface area contributed by atoms with Crippen LogP contribution >= 0.6 is 11.6 Å². The molecule has 1 aromatic carbocycles. The van der Waals surface area contributed by atoms with E-state index in [1.165, 1.54) is 5.69 Å². The van der Waals surface area contributed by atoms with Crippen molar-refractivity contribution in [2.45, 2.75) is 0 Å². The number of piperazine rings is 1. The number of ether oxygens (including phenoxy) is 1. The summed E-state index contributed by atoms with van der Waals surface area (Å²) in [6, 6.07) is 8.02. The summed E-state index contributed by atoms with van der Waals surface area (Å²) in [6.45, 7) is 6.32. The van der Waals surface area contributed by atoms with Gasteiger partial charge >= 0.3 is 0 Å². The second kappa shape index (κ2) is 7.70. The first-order chi connectivity index (χ1) is 9.29. The third kappa shape index (κ3) is 4.66. The van der Waals surface area contributed by atoms with Gasteiger partial charge in [0.1, 0.15) is 0 Å². The molecule has 0 spiro atoms. The Morgan fingerprint density at radius 2 is 1.74 bits per heavy atom. The van der Waals surface area contributed by atoms with Crippen molar-refractivity contribution in [1.82, 2.24) is 4.90 Å². The Balaban J connectivity index is 1.71. The van der Waals surface area contributed by atoms with E-state index in [2.05, 4.69) is 21.9 Å². The molecule has 5 heteroatoms. The lowest BCUT2D eigenvalue weighted by molar-refractivity contribution is 0.0724. The minimum Gasteiger partial charge on any atom is -0.394 e. The molecule has 1 aliphatic rings. The van der Waals surface area contributed by atoms with Gasteiger partial charge < -0.3 is 14.7 Å². The second-order valence-electron chi connectivity index (χ2n) is 4.64. The topological polar surface area (TPSA) is 35.9 Å². The first kappa shape index (κ1) is 14.6. The van der Waals surface area contributed by atoms with Gasteiger partial charge in [-0.25, -0.2) is 0 Å². The first-order valence-electron chi connectivity index (χ1n) is 6.71. The number of aliphatic hydroxyl groups is 1. The van der Waals surface area contributed by atoms with E-state index in [-0.39, 0.29) is 6.61 Å². The van der Waals surface area contributed by atoms with Crippen molar-refractivity contribution < 1.29 is 9.84 Å². The van der Waals surface area contributed by atoms with Crippen molar-refractivity contribution in [3.63, 3.8) is 0 Å². The van der Waals surface area contributed by atoms with Gasteiger partial charge in [0.05, 0.1) is 19.8 Å². The quantitative estimate of drug-likeness (QED) is 0.803. The Kier molecular flexibility index (Phi) is 5.92. The van der Waals surface area contributed by atoms with E-state index in [0.717, 1.165) is 37.7 Å². The van der Waals surface area contributed by atoms with Crippen LogP contribution in [0.1, 0.15) is 0 Å². The maximum Gasteiger partial charge on any atom is 0.0698 e. The van der Waals surface area contributed by atoms with Crippen LogP contribution in [0.25, 0.3) is 0 Å². The number of rotatable bonds is 6. The van der Waals surface area contributed by atoms with Crippen molar-refractivity contribution in [3.05, 3.63) is 29.3 Å². The van der Waals surface area contributed by atoms with Crippen LogP contribution in [-0.4, -0.2) is 62.6 Å². The molecule has 0 saturated carbocycles. The Morgan fingerprint density at radius 1 is 1.05 bits per heavy atom. The lowest BCUT2D eigenvalue weighted by atomic mass is 10.2. The number of benzene rings is 1. The van der Waals surface area contributed by atoms with Crippen LogP contribution < -0.4 is 4.90 Å². The molecule has 4 nitrogen and oxygen atoms in total. The van der Waals surface area contributed by atoms with Crippen LogP contribution in [0.2, 0.25) is 5.02 Å². The number of nitrogens with zero attached hydrogens (tertiary/aromatic N) is 2. The van der Waals surface area contributed by atoms with Crippen LogP contribution in [0.4, 0.5) is 5.69 Å². The highest BCUT2D eigenvalue weighted by atomic mass is 35.5. The second-order valence-corrected chi connectivity index (χ2v) is 5.08. The summed E-state index contributed by atoms with van der Waals surface area (Å²) in [4.78, 5) is 4.77. The molecule has 0 aliphatic carbocycles. The predicted molar refractivity (Wildman–Crippen MR) is 78.0 cm³/mol. The molecule has 0 atom stereocenters.